The number of pyridine rings is 2. The molecule has 4 aromatic heterocycles. The van der Waals surface area contributed by atoms with Crippen LogP contribution in [0.25, 0.3) is 11.0 Å². The lowest BCUT2D eigenvalue weighted by molar-refractivity contribution is 0.274. The number of hydrogen-bond acceptors (Lipinski definition) is 8. The molecule has 31 heavy (non-hydrogen) atoms. The fourth-order valence-electron chi connectivity index (χ4n) is 3.73. The van der Waals surface area contributed by atoms with Crippen LogP contribution in [-0.4, -0.2) is 31.5 Å². The van der Waals surface area contributed by atoms with E-state index in [0.29, 0.717) is 31.0 Å². The lowest BCUT2D eigenvalue weighted by Crippen LogP contribution is -2.08. The number of hydrogen-bond donors (Lipinski definition) is 1. The van der Waals surface area contributed by atoms with Crippen LogP contribution in [0.4, 0.5) is 5.82 Å². The van der Waals surface area contributed by atoms with Crippen molar-refractivity contribution >= 4 is 28.2 Å². The molecule has 0 saturated heterocycles. The Morgan fingerprint density at radius 1 is 1.06 bits per heavy atom. The number of nitrogens with zero attached hydrogens (tertiary/aromatic N) is 5. The van der Waals surface area contributed by atoms with Gasteiger partial charge < -0.3 is 10.1 Å². The maximum atomic E-state index is 5.93. The third-order valence-electron chi connectivity index (χ3n) is 5.57. The summed E-state index contributed by atoms with van der Waals surface area (Å²) in [4.78, 5) is 23.7. The van der Waals surface area contributed by atoms with Crippen molar-refractivity contribution in [3.8, 4) is 6.01 Å². The van der Waals surface area contributed by atoms with E-state index in [-0.39, 0.29) is 0 Å². The first-order valence-electron chi connectivity index (χ1n) is 10.4. The lowest BCUT2D eigenvalue weighted by Gasteiger charge is -2.10. The van der Waals surface area contributed by atoms with Crippen molar-refractivity contribution in [1.29, 1.82) is 0 Å². The highest BCUT2D eigenvalue weighted by Crippen LogP contribution is 2.47. The molecule has 0 aromatic carbocycles. The summed E-state index contributed by atoms with van der Waals surface area (Å²) in [5.74, 6) is 1.66. The van der Waals surface area contributed by atoms with Gasteiger partial charge in [0.1, 0.15) is 5.82 Å². The molecule has 5 rings (SSSR count). The van der Waals surface area contributed by atoms with Gasteiger partial charge in [-0.2, -0.15) is 4.98 Å². The van der Waals surface area contributed by atoms with Gasteiger partial charge in [-0.05, 0) is 51.5 Å². The number of rotatable bonds is 7. The van der Waals surface area contributed by atoms with Crippen molar-refractivity contribution in [3.05, 3.63) is 63.5 Å². The molecule has 1 saturated carbocycles. The number of nitrogens with one attached hydrogen (secondary N) is 1. The second-order valence-electron chi connectivity index (χ2n) is 7.97. The van der Waals surface area contributed by atoms with Crippen LogP contribution in [0.1, 0.15) is 39.2 Å². The zero-order chi connectivity index (χ0) is 21.4. The predicted octanol–water partition coefficient (Wildman–Crippen LogP) is 4.60. The molecule has 8 heteroatoms. The van der Waals surface area contributed by atoms with E-state index < -0.39 is 0 Å². The summed E-state index contributed by atoms with van der Waals surface area (Å²) in [5.41, 5.74) is 5.03. The van der Waals surface area contributed by atoms with Gasteiger partial charge in [0.05, 0.1) is 34.9 Å². The average molecular weight is 433 g/mol. The van der Waals surface area contributed by atoms with Crippen LogP contribution in [0, 0.1) is 26.7 Å². The molecule has 2 unspecified atom stereocenters. The van der Waals surface area contributed by atoms with Crippen molar-refractivity contribution in [3.63, 3.8) is 0 Å². The molecule has 2 atom stereocenters. The minimum absolute atomic E-state index is 0.409. The largest absolute Gasteiger partial charge is 0.463 e. The third kappa shape index (κ3) is 4.34. The van der Waals surface area contributed by atoms with E-state index in [9.17, 15) is 0 Å². The van der Waals surface area contributed by atoms with Gasteiger partial charge in [-0.15, -0.1) is 11.3 Å². The zero-order valence-corrected chi connectivity index (χ0v) is 18.6. The Morgan fingerprint density at radius 2 is 1.97 bits per heavy atom. The number of thiazole rings is 1. The van der Waals surface area contributed by atoms with Crippen LogP contribution in [-0.2, 0) is 6.54 Å². The summed E-state index contributed by atoms with van der Waals surface area (Å²) in [6.07, 6.45) is 4.67. The van der Waals surface area contributed by atoms with E-state index in [0.717, 1.165) is 45.2 Å². The molecule has 0 amide bonds. The normalized spacial score (nSPS) is 17.6. The van der Waals surface area contributed by atoms with E-state index in [2.05, 4.69) is 31.3 Å². The molecule has 1 fully saturated rings. The van der Waals surface area contributed by atoms with Crippen molar-refractivity contribution in [2.45, 2.75) is 39.7 Å². The maximum absolute atomic E-state index is 5.93. The van der Waals surface area contributed by atoms with Crippen molar-refractivity contribution < 1.29 is 4.74 Å². The molecule has 158 valence electrons. The van der Waals surface area contributed by atoms with Crippen molar-refractivity contribution in [2.75, 3.05) is 11.9 Å². The summed E-state index contributed by atoms with van der Waals surface area (Å²) >= 11 is 1.71. The Kier molecular flexibility index (Phi) is 5.23. The Morgan fingerprint density at radius 3 is 2.81 bits per heavy atom. The smallest absolute Gasteiger partial charge is 0.318 e. The fraction of sp³-hybridized carbons (Fsp3) is 0.348. The molecule has 4 aromatic rings. The Labute approximate surface area is 185 Å². The van der Waals surface area contributed by atoms with Gasteiger partial charge in [-0.1, -0.05) is 0 Å². The second-order valence-corrected chi connectivity index (χ2v) is 9.26. The third-order valence-corrected chi connectivity index (χ3v) is 6.65. The van der Waals surface area contributed by atoms with Crippen LogP contribution < -0.4 is 10.1 Å². The van der Waals surface area contributed by atoms with Gasteiger partial charge >= 0.3 is 6.01 Å². The summed E-state index contributed by atoms with van der Waals surface area (Å²) in [6.45, 7) is 7.34. The molecule has 0 spiro atoms. The molecule has 1 N–H and O–H groups in total. The van der Waals surface area contributed by atoms with E-state index in [4.69, 9.17) is 9.72 Å². The van der Waals surface area contributed by atoms with Gasteiger partial charge in [0.15, 0.2) is 0 Å². The van der Waals surface area contributed by atoms with Gasteiger partial charge in [-0.25, -0.2) is 9.97 Å². The minimum Gasteiger partial charge on any atom is -0.463 e. The maximum Gasteiger partial charge on any atom is 0.318 e. The van der Waals surface area contributed by atoms with Crippen LogP contribution >= 0.6 is 11.3 Å². The SMILES string of the molecule is Cc1nc(C)c(CNc2nc(OCC3CC3c3ccc4ncccc4n3)ncc2C)s1. The standard InChI is InChI=1S/C23H24N6OS/c1-13-10-26-23(29-22(13)25-11-21-14(2)27-15(3)31-21)30-12-16-9-17(16)18-6-7-19-20(28-18)5-4-8-24-19/h4-8,10,16-17H,9,11-12H2,1-3H3,(H,25,26,29). The summed E-state index contributed by atoms with van der Waals surface area (Å²) in [6, 6.07) is 8.45. The van der Waals surface area contributed by atoms with E-state index in [1.807, 2.05) is 39.0 Å². The van der Waals surface area contributed by atoms with E-state index >= 15 is 0 Å². The number of ether oxygens (including phenoxy) is 1. The highest BCUT2D eigenvalue weighted by molar-refractivity contribution is 7.11. The zero-order valence-electron chi connectivity index (χ0n) is 17.8. The van der Waals surface area contributed by atoms with Crippen LogP contribution in [0.5, 0.6) is 6.01 Å². The number of fused-ring (bicyclic) bond motifs is 1. The Hall–Kier alpha value is -3.13. The highest BCUT2D eigenvalue weighted by Gasteiger charge is 2.40. The summed E-state index contributed by atoms with van der Waals surface area (Å²) < 4.78 is 5.93. The van der Waals surface area contributed by atoms with E-state index in [1.54, 1.807) is 23.7 Å². The number of aromatic nitrogens is 5. The number of aryl methyl sites for hydroxylation is 3. The van der Waals surface area contributed by atoms with Crippen LogP contribution in [0.3, 0.4) is 0 Å². The monoisotopic (exact) mass is 432 g/mol. The molecular formula is C23H24N6OS. The second kappa shape index (κ2) is 8.19. The summed E-state index contributed by atoms with van der Waals surface area (Å²) in [7, 11) is 0. The van der Waals surface area contributed by atoms with E-state index in [1.165, 1.54) is 4.88 Å². The molecule has 0 bridgehead atoms. The fourth-order valence-corrected chi connectivity index (χ4v) is 4.61. The Balaban J connectivity index is 1.20. The molecule has 0 radical (unpaired) electrons. The molecule has 1 aliphatic carbocycles. The average Bonchev–Trinajstić information content (AvgIpc) is 3.48. The molecule has 0 aliphatic heterocycles. The van der Waals surface area contributed by atoms with Crippen molar-refractivity contribution in [1.82, 2.24) is 24.9 Å². The molecule has 4 heterocycles. The molecular weight excluding hydrogens is 408 g/mol. The first kappa shape index (κ1) is 19.8. The minimum atomic E-state index is 0.409. The summed E-state index contributed by atoms with van der Waals surface area (Å²) in [5, 5.41) is 4.48. The number of anilines is 1. The predicted molar refractivity (Wildman–Crippen MR) is 122 cm³/mol. The lowest BCUT2D eigenvalue weighted by atomic mass is 10.2. The molecule has 7 nitrogen and oxygen atoms in total. The molecule has 1 aliphatic rings. The van der Waals surface area contributed by atoms with Crippen LogP contribution in [0.15, 0.2) is 36.7 Å². The highest BCUT2D eigenvalue weighted by atomic mass is 32.1. The topological polar surface area (TPSA) is 85.7 Å². The van der Waals surface area contributed by atoms with Gasteiger partial charge in [-0.3, -0.25) is 9.97 Å². The Bertz CT molecular complexity index is 1240. The first-order valence-corrected chi connectivity index (χ1v) is 11.2. The quantitative estimate of drug-likeness (QED) is 0.457. The van der Waals surface area contributed by atoms with Crippen molar-refractivity contribution in [2.24, 2.45) is 5.92 Å². The van der Waals surface area contributed by atoms with Gasteiger partial charge in [0, 0.05) is 40.4 Å². The van der Waals surface area contributed by atoms with Gasteiger partial charge in [0.25, 0.3) is 0 Å². The van der Waals surface area contributed by atoms with Crippen LogP contribution in [0.2, 0.25) is 0 Å². The van der Waals surface area contributed by atoms with Gasteiger partial charge in [0.2, 0.25) is 0 Å². The first-order chi connectivity index (χ1) is 15.1.